The fourth-order valence-electron chi connectivity index (χ4n) is 3.31. The molecule has 0 saturated carbocycles. The van der Waals surface area contributed by atoms with Gasteiger partial charge >= 0.3 is 0 Å². The van der Waals surface area contributed by atoms with E-state index in [1.54, 1.807) is 25.8 Å². The molecule has 4 rings (SSSR count). The zero-order valence-electron chi connectivity index (χ0n) is 15.1. The molecule has 1 aliphatic heterocycles. The van der Waals surface area contributed by atoms with Crippen molar-refractivity contribution < 1.29 is 9.47 Å². The molecule has 0 bridgehead atoms. The average molecular weight is 385 g/mol. The second kappa shape index (κ2) is 6.14. The number of hydrogen-bond donors (Lipinski definition) is 1. The van der Waals surface area contributed by atoms with Crippen molar-refractivity contribution >= 4 is 29.4 Å². The number of hydrogen-bond acceptors (Lipinski definition) is 5. The van der Waals surface area contributed by atoms with Crippen LogP contribution in [0.5, 0.6) is 11.5 Å². The molecule has 1 aromatic heterocycles. The van der Waals surface area contributed by atoms with Gasteiger partial charge in [-0.3, -0.25) is 3.96 Å². The molecule has 134 valence electrons. The maximum Gasteiger partial charge on any atom is 0.129 e. The highest BCUT2D eigenvalue weighted by molar-refractivity contribution is 7.71. The van der Waals surface area contributed by atoms with Crippen LogP contribution in [-0.2, 0) is 5.54 Å². The van der Waals surface area contributed by atoms with Gasteiger partial charge in [0.1, 0.15) is 16.1 Å². The second-order valence-electron chi connectivity index (χ2n) is 6.76. The Balaban J connectivity index is 1.96. The van der Waals surface area contributed by atoms with Gasteiger partial charge in [0.2, 0.25) is 0 Å². The Labute approximate surface area is 162 Å². The number of benzene rings is 2. The van der Waals surface area contributed by atoms with Gasteiger partial charge in [0, 0.05) is 28.9 Å². The third-order valence-corrected chi connectivity index (χ3v) is 6.58. The molecule has 26 heavy (non-hydrogen) atoms. The zero-order chi connectivity index (χ0) is 18.5. The Morgan fingerprint density at radius 1 is 1.04 bits per heavy atom. The first-order valence-corrected chi connectivity index (χ1v) is 9.50. The van der Waals surface area contributed by atoms with Crippen LogP contribution in [0.3, 0.4) is 0 Å². The molecule has 0 spiro atoms. The number of methoxy groups -OCH3 is 2. The summed E-state index contributed by atoms with van der Waals surface area (Å²) in [5.41, 5.74) is 4.07. The molecule has 2 aromatic carbocycles. The summed E-state index contributed by atoms with van der Waals surface area (Å²) < 4.78 is 13.7. The van der Waals surface area contributed by atoms with Crippen molar-refractivity contribution in [3.05, 3.63) is 52.0 Å². The van der Waals surface area contributed by atoms with Crippen LogP contribution in [-0.4, -0.2) is 18.2 Å². The molecule has 0 saturated heterocycles. The van der Waals surface area contributed by atoms with Gasteiger partial charge in [0.25, 0.3) is 0 Å². The molecule has 3 aromatic rings. The molecule has 0 radical (unpaired) electrons. The van der Waals surface area contributed by atoms with Crippen LogP contribution >= 0.6 is 23.8 Å². The Morgan fingerprint density at radius 2 is 1.77 bits per heavy atom. The van der Waals surface area contributed by atoms with Gasteiger partial charge < -0.3 is 14.8 Å². The highest BCUT2D eigenvalue weighted by atomic mass is 32.1. The van der Waals surface area contributed by atoms with Gasteiger partial charge in [-0.2, -0.15) is 0 Å². The minimum absolute atomic E-state index is 0.225. The molecule has 1 aliphatic rings. The lowest BCUT2D eigenvalue weighted by molar-refractivity contribution is 0.414. The lowest BCUT2D eigenvalue weighted by Gasteiger charge is -2.33. The first kappa shape index (κ1) is 17.1. The molecule has 4 nitrogen and oxygen atoms in total. The van der Waals surface area contributed by atoms with Gasteiger partial charge in [-0.1, -0.05) is 29.8 Å². The van der Waals surface area contributed by atoms with Gasteiger partial charge in [0.05, 0.1) is 30.3 Å². The van der Waals surface area contributed by atoms with Crippen LogP contribution in [0.15, 0.2) is 42.5 Å². The molecule has 6 heteroatoms. The Kier molecular flexibility index (Phi) is 4.04. The van der Waals surface area contributed by atoms with E-state index in [1.165, 1.54) is 4.88 Å². The van der Waals surface area contributed by atoms with Crippen molar-refractivity contribution in [1.29, 1.82) is 0 Å². The molecule has 0 aliphatic carbocycles. The lowest BCUT2D eigenvalue weighted by Crippen LogP contribution is -2.30. The van der Waals surface area contributed by atoms with Crippen molar-refractivity contribution in [2.75, 3.05) is 19.5 Å². The van der Waals surface area contributed by atoms with Crippen LogP contribution in [0.2, 0.25) is 0 Å². The van der Waals surface area contributed by atoms with Crippen molar-refractivity contribution in [3.8, 4) is 28.3 Å². The third-order valence-electron chi connectivity index (χ3n) is 4.61. The van der Waals surface area contributed by atoms with Crippen molar-refractivity contribution in [2.45, 2.75) is 19.4 Å². The van der Waals surface area contributed by atoms with Crippen LogP contribution < -0.4 is 14.8 Å². The highest BCUT2D eigenvalue weighted by Gasteiger charge is 2.34. The summed E-state index contributed by atoms with van der Waals surface area (Å²) >= 11 is 7.57. The van der Waals surface area contributed by atoms with Crippen LogP contribution in [0.4, 0.5) is 5.69 Å². The van der Waals surface area contributed by atoms with Gasteiger partial charge in [-0.25, -0.2) is 0 Å². The molecule has 0 unspecified atom stereocenters. The summed E-state index contributed by atoms with van der Waals surface area (Å²) in [6.07, 6.45) is 0. The number of nitrogens with zero attached hydrogens (tertiary/aromatic N) is 1. The van der Waals surface area contributed by atoms with E-state index in [0.29, 0.717) is 0 Å². The quantitative estimate of drug-likeness (QED) is 0.595. The summed E-state index contributed by atoms with van der Waals surface area (Å²) in [6.45, 7) is 4.35. The van der Waals surface area contributed by atoms with E-state index in [4.69, 9.17) is 21.7 Å². The first-order chi connectivity index (χ1) is 12.4. The molecule has 2 heterocycles. The van der Waals surface area contributed by atoms with E-state index in [-0.39, 0.29) is 5.54 Å². The third kappa shape index (κ3) is 2.61. The number of fused-ring (bicyclic) bond motifs is 3. The molecule has 1 N–H and O–H groups in total. The van der Waals surface area contributed by atoms with Crippen molar-refractivity contribution in [1.82, 2.24) is 3.96 Å². The Hall–Kier alpha value is -2.31. The van der Waals surface area contributed by atoms with Crippen molar-refractivity contribution in [3.63, 3.8) is 0 Å². The van der Waals surface area contributed by atoms with Crippen LogP contribution in [0.1, 0.15) is 18.7 Å². The normalized spacial score (nSPS) is 14.2. The average Bonchev–Trinajstić information content (AvgIpc) is 2.99. The minimum Gasteiger partial charge on any atom is -0.497 e. The topological polar surface area (TPSA) is 35.4 Å². The summed E-state index contributed by atoms with van der Waals surface area (Å²) in [5.74, 6) is 1.65. The predicted molar refractivity (Wildman–Crippen MR) is 110 cm³/mol. The van der Waals surface area contributed by atoms with Crippen LogP contribution in [0, 0.1) is 4.64 Å². The number of aromatic nitrogens is 1. The highest BCUT2D eigenvalue weighted by Crippen LogP contribution is 2.48. The number of ether oxygens (including phenoxy) is 2. The minimum atomic E-state index is -0.225. The van der Waals surface area contributed by atoms with E-state index >= 15 is 0 Å². The van der Waals surface area contributed by atoms with Crippen molar-refractivity contribution in [2.24, 2.45) is 0 Å². The SMILES string of the molecule is COc1cccc(-n2sc3c(c2=S)-c2ccc(OC)cc2NC3(C)C)c1. The molecular weight excluding hydrogens is 364 g/mol. The standard InChI is InChI=1S/C20H20N2O2S2/c1-20(2)18-17(15-9-8-14(24-4)11-16(15)21-20)19(25)22(26-18)12-6-5-7-13(10-12)23-3/h5-11,21H,1-4H3. The fourth-order valence-corrected chi connectivity index (χ4v) is 4.96. The Morgan fingerprint density at radius 3 is 2.50 bits per heavy atom. The van der Waals surface area contributed by atoms with Crippen LogP contribution in [0.25, 0.3) is 16.8 Å². The van der Waals surface area contributed by atoms with Gasteiger partial charge in [-0.15, -0.1) is 0 Å². The number of rotatable bonds is 3. The second-order valence-corrected chi connectivity index (χ2v) is 8.10. The first-order valence-electron chi connectivity index (χ1n) is 8.32. The maximum atomic E-state index is 5.89. The lowest BCUT2D eigenvalue weighted by atomic mass is 9.90. The molecule has 0 atom stereocenters. The fraction of sp³-hybridized carbons (Fsp3) is 0.250. The zero-order valence-corrected chi connectivity index (χ0v) is 16.8. The molecule has 0 fully saturated rings. The maximum absolute atomic E-state index is 5.89. The number of anilines is 1. The summed E-state index contributed by atoms with van der Waals surface area (Å²) in [6, 6.07) is 14.1. The van der Waals surface area contributed by atoms with E-state index < -0.39 is 0 Å². The summed E-state index contributed by atoms with van der Waals surface area (Å²) in [5, 5.41) is 3.63. The largest absolute Gasteiger partial charge is 0.497 e. The molecule has 0 amide bonds. The van der Waals surface area contributed by atoms with Gasteiger partial charge in [-0.05, 0) is 38.1 Å². The number of nitrogens with one attached hydrogen (secondary N) is 1. The van der Waals surface area contributed by atoms with E-state index in [2.05, 4.69) is 35.3 Å². The smallest absolute Gasteiger partial charge is 0.129 e. The Bertz CT molecular complexity index is 1050. The monoisotopic (exact) mass is 384 g/mol. The van der Waals surface area contributed by atoms with E-state index in [9.17, 15) is 0 Å². The molecular formula is C20H20N2O2S2. The van der Waals surface area contributed by atoms with Gasteiger partial charge in [0.15, 0.2) is 0 Å². The summed E-state index contributed by atoms with van der Waals surface area (Å²) in [7, 11) is 3.36. The van der Waals surface area contributed by atoms with E-state index in [1.807, 2.05) is 30.3 Å². The predicted octanol–water partition coefficient (Wildman–Crippen LogP) is 5.61. The van der Waals surface area contributed by atoms with E-state index in [0.717, 1.165) is 38.6 Å². The summed E-state index contributed by atoms with van der Waals surface area (Å²) in [4.78, 5) is 1.22.